The maximum absolute atomic E-state index is 12.2. The lowest BCUT2D eigenvalue weighted by molar-refractivity contribution is -0.121. The van der Waals surface area contributed by atoms with Gasteiger partial charge in [-0.05, 0) is 47.5 Å². The van der Waals surface area contributed by atoms with E-state index < -0.39 is 6.04 Å². The van der Waals surface area contributed by atoms with Crippen molar-refractivity contribution in [3.63, 3.8) is 0 Å². The molecule has 0 aliphatic heterocycles. The van der Waals surface area contributed by atoms with Crippen molar-refractivity contribution in [2.75, 3.05) is 5.32 Å². The molecular formula is C20H18ClN3O. The molecule has 0 aromatic heterocycles. The monoisotopic (exact) mass is 351 g/mol. The third-order valence-electron chi connectivity index (χ3n) is 3.76. The summed E-state index contributed by atoms with van der Waals surface area (Å²) in [5.74, 6) is -0.216. The van der Waals surface area contributed by atoms with Crippen LogP contribution in [0, 0.1) is 0 Å². The molecule has 0 aliphatic rings. The first-order valence-corrected chi connectivity index (χ1v) is 8.33. The zero-order valence-electron chi connectivity index (χ0n) is 13.7. The molecule has 0 bridgehead atoms. The molecule has 1 unspecified atom stereocenters. The Morgan fingerprint density at radius 2 is 1.84 bits per heavy atom. The third kappa shape index (κ3) is 4.58. The summed E-state index contributed by atoms with van der Waals surface area (Å²) in [4.78, 5) is 12.2. The molecule has 0 fully saturated rings. The number of carbonyl (C=O) groups excluding carboxylic acids is 1. The molecule has 126 valence electrons. The molecule has 0 aliphatic carbocycles. The molecule has 3 rings (SSSR count). The first-order chi connectivity index (χ1) is 12.1. The number of halogens is 1. The predicted octanol–water partition coefficient (Wildman–Crippen LogP) is 4.44. The van der Waals surface area contributed by atoms with Crippen LogP contribution in [-0.2, 0) is 4.79 Å². The number of amides is 1. The van der Waals surface area contributed by atoms with E-state index in [9.17, 15) is 4.79 Å². The van der Waals surface area contributed by atoms with Crippen molar-refractivity contribution in [2.45, 2.75) is 13.0 Å². The van der Waals surface area contributed by atoms with Crippen LogP contribution in [0.2, 0.25) is 5.02 Å². The van der Waals surface area contributed by atoms with E-state index in [1.54, 1.807) is 25.3 Å². The van der Waals surface area contributed by atoms with E-state index >= 15 is 0 Å². The van der Waals surface area contributed by atoms with Crippen molar-refractivity contribution < 1.29 is 4.79 Å². The zero-order chi connectivity index (χ0) is 17.6. The van der Waals surface area contributed by atoms with E-state index in [4.69, 9.17) is 11.6 Å². The predicted molar refractivity (Wildman–Crippen MR) is 104 cm³/mol. The number of rotatable bonds is 5. The van der Waals surface area contributed by atoms with Crippen molar-refractivity contribution >= 4 is 40.2 Å². The number of nitrogens with zero attached hydrogens (tertiary/aromatic N) is 1. The Balaban J connectivity index is 1.59. The number of hydrazone groups is 1. The second-order valence-electron chi connectivity index (χ2n) is 5.72. The molecule has 25 heavy (non-hydrogen) atoms. The van der Waals surface area contributed by atoms with Crippen LogP contribution in [0.15, 0.2) is 71.8 Å². The highest BCUT2D eigenvalue weighted by atomic mass is 35.5. The van der Waals surface area contributed by atoms with Gasteiger partial charge in [0.1, 0.15) is 6.04 Å². The molecule has 1 atom stereocenters. The van der Waals surface area contributed by atoms with Crippen LogP contribution in [0.3, 0.4) is 0 Å². The lowest BCUT2D eigenvalue weighted by Gasteiger charge is -2.14. The van der Waals surface area contributed by atoms with Crippen molar-refractivity contribution in [3.8, 4) is 0 Å². The standard InChI is InChI=1S/C20H18ClN3O/c1-14(20(25)24-22-13-15-5-4-8-18(21)11-15)23-19-10-9-16-6-2-3-7-17(16)12-19/h2-14,23H,1H3,(H,24,25)/b22-13+. The van der Waals surface area contributed by atoms with E-state index in [1.807, 2.05) is 48.5 Å². The normalized spacial score (nSPS) is 12.2. The molecule has 2 N–H and O–H groups in total. The molecule has 3 aromatic carbocycles. The minimum absolute atomic E-state index is 0.216. The maximum Gasteiger partial charge on any atom is 0.262 e. The average molecular weight is 352 g/mol. The number of nitrogens with one attached hydrogen (secondary N) is 2. The summed E-state index contributed by atoms with van der Waals surface area (Å²) >= 11 is 5.91. The van der Waals surface area contributed by atoms with Gasteiger partial charge in [-0.25, -0.2) is 5.43 Å². The van der Waals surface area contributed by atoms with Crippen LogP contribution in [0.1, 0.15) is 12.5 Å². The van der Waals surface area contributed by atoms with Crippen LogP contribution in [0.25, 0.3) is 10.8 Å². The summed E-state index contributed by atoms with van der Waals surface area (Å²) in [5, 5.41) is 10.1. The van der Waals surface area contributed by atoms with Crippen molar-refractivity contribution in [3.05, 3.63) is 77.3 Å². The molecule has 0 spiro atoms. The second-order valence-corrected chi connectivity index (χ2v) is 6.15. The van der Waals surface area contributed by atoms with Crippen molar-refractivity contribution in [2.24, 2.45) is 5.10 Å². The summed E-state index contributed by atoms with van der Waals surface area (Å²) in [6, 6.07) is 20.9. The Morgan fingerprint density at radius 3 is 2.64 bits per heavy atom. The zero-order valence-corrected chi connectivity index (χ0v) is 14.5. The number of carbonyl (C=O) groups is 1. The molecule has 0 saturated carbocycles. The van der Waals surface area contributed by atoms with E-state index in [1.165, 1.54) is 0 Å². The molecule has 0 saturated heterocycles. The van der Waals surface area contributed by atoms with Crippen molar-refractivity contribution in [1.82, 2.24) is 5.43 Å². The first-order valence-electron chi connectivity index (χ1n) is 7.96. The fraction of sp³-hybridized carbons (Fsp3) is 0.100. The minimum atomic E-state index is -0.419. The summed E-state index contributed by atoms with van der Waals surface area (Å²) in [5.41, 5.74) is 4.24. The second kappa shape index (κ2) is 7.81. The largest absolute Gasteiger partial charge is 0.374 e. The van der Waals surface area contributed by atoms with Crippen molar-refractivity contribution in [1.29, 1.82) is 0 Å². The summed E-state index contributed by atoms with van der Waals surface area (Å²) in [7, 11) is 0. The third-order valence-corrected chi connectivity index (χ3v) is 4.00. The number of anilines is 1. The Hall–Kier alpha value is -2.85. The molecule has 3 aromatic rings. The maximum atomic E-state index is 12.2. The van der Waals surface area contributed by atoms with Crippen LogP contribution < -0.4 is 10.7 Å². The van der Waals surface area contributed by atoms with Gasteiger partial charge in [0.2, 0.25) is 0 Å². The lowest BCUT2D eigenvalue weighted by Crippen LogP contribution is -2.34. The summed E-state index contributed by atoms with van der Waals surface area (Å²) in [6.07, 6.45) is 1.56. The number of hydrogen-bond acceptors (Lipinski definition) is 3. The topological polar surface area (TPSA) is 53.5 Å². The van der Waals surface area contributed by atoms with E-state index in [0.717, 1.165) is 22.0 Å². The lowest BCUT2D eigenvalue weighted by atomic mass is 10.1. The van der Waals surface area contributed by atoms with E-state index in [2.05, 4.69) is 21.9 Å². The Bertz CT molecular complexity index is 923. The van der Waals surface area contributed by atoms with Crippen LogP contribution in [-0.4, -0.2) is 18.2 Å². The first kappa shape index (κ1) is 17.0. The van der Waals surface area contributed by atoms with Gasteiger partial charge in [-0.2, -0.15) is 5.10 Å². The Labute approximate surface area is 151 Å². The number of hydrogen-bond donors (Lipinski definition) is 2. The SMILES string of the molecule is CC(Nc1ccc2ccccc2c1)C(=O)N/N=C/c1cccc(Cl)c1. The van der Waals surface area contributed by atoms with Gasteiger partial charge in [0.15, 0.2) is 0 Å². The van der Waals surface area contributed by atoms with Gasteiger partial charge in [-0.15, -0.1) is 0 Å². The molecule has 5 heteroatoms. The highest BCUT2D eigenvalue weighted by Crippen LogP contribution is 2.19. The molecule has 1 amide bonds. The molecule has 0 radical (unpaired) electrons. The van der Waals surface area contributed by atoms with Gasteiger partial charge in [-0.1, -0.05) is 54.1 Å². The summed E-state index contributed by atoms with van der Waals surface area (Å²) < 4.78 is 0. The number of benzene rings is 3. The van der Waals surface area contributed by atoms with Gasteiger partial charge in [-0.3, -0.25) is 4.79 Å². The van der Waals surface area contributed by atoms with Gasteiger partial charge < -0.3 is 5.32 Å². The summed E-state index contributed by atoms with van der Waals surface area (Å²) in [6.45, 7) is 1.79. The number of fused-ring (bicyclic) bond motifs is 1. The van der Waals surface area contributed by atoms with Crippen LogP contribution in [0.4, 0.5) is 5.69 Å². The molecule has 4 nitrogen and oxygen atoms in total. The Kier molecular flexibility index (Phi) is 5.31. The minimum Gasteiger partial charge on any atom is -0.374 e. The van der Waals surface area contributed by atoms with Crippen LogP contribution in [0.5, 0.6) is 0 Å². The fourth-order valence-corrected chi connectivity index (χ4v) is 2.65. The van der Waals surface area contributed by atoms with Gasteiger partial charge in [0.05, 0.1) is 6.21 Å². The highest BCUT2D eigenvalue weighted by molar-refractivity contribution is 6.30. The van der Waals surface area contributed by atoms with E-state index in [-0.39, 0.29) is 5.91 Å². The quantitative estimate of drug-likeness (QED) is 0.527. The molecule has 0 heterocycles. The smallest absolute Gasteiger partial charge is 0.262 e. The highest BCUT2D eigenvalue weighted by Gasteiger charge is 2.11. The Morgan fingerprint density at radius 1 is 1.04 bits per heavy atom. The van der Waals surface area contributed by atoms with Gasteiger partial charge >= 0.3 is 0 Å². The molecular weight excluding hydrogens is 334 g/mol. The fourth-order valence-electron chi connectivity index (χ4n) is 2.45. The van der Waals surface area contributed by atoms with Crippen LogP contribution >= 0.6 is 11.6 Å². The van der Waals surface area contributed by atoms with E-state index in [0.29, 0.717) is 5.02 Å². The average Bonchev–Trinajstić information content (AvgIpc) is 2.61. The van der Waals surface area contributed by atoms with Gasteiger partial charge in [0, 0.05) is 10.7 Å². The van der Waals surface area contributed by atoms with Gasteiger partial charge in [0.25, 0.3) is 5.91 Å².